The molecule has 0 aromatic heterocycles. The predicted molar refractivity (Wildman–Crippen MR) is 94.6 cm³/mol. The third-order valence-electron chi connectivity index (χ3n) is 3.80. The maximum absolute atomic E-state index is 12.3. The van der Waals surface area contributed by atoms with Crippen LogP contribution in [0, 0.1) is 0 Å². The molecule has 0 aliphatic heterocycles. The van der Waals surface area contributed by atoms with Crippen LogP contribution in [0.3, 0.4) is 0 Å². The summed E-state index contributed by atoms with van der Waals surface area (Å²) >= 11 is 0. The number of methoxy groups -OCH3 is 1. The van der Waals surface area contributed by atoms with Gasteiger partial charge in [0.05, 0.1) is 12.8 Å². The Hall–Kier alpha value is -2.82. The molecular formula is C19H22N2O3. The minimum atomic E-state index is -0.249. The van der Waals surface area contributed by atoms with Crippen LogP contribution in [0.25, 0.3) is 0 Å². The fourth-order valence-corrected chi connectivity index (χ4v) is 2.40. The summed E-state index contributed by atoms with van der Waals surface area (Å²) in [6, 6.07) is 13.9. The number of ether oxygens (including phenoxy) is 1. The first kappa shape index (κ1) is 17.5. The number of nitrogens with zero attached hydrogens (tertiary/aromatic N) is 1. The first-order valence-corrected chi connectivity index (χ1v) is 7.94. The van der Waals surface area contributed by atoms with Crippen molar-refractivity contribution >= 4 is 17.5 Å². The molecule has 0 heterocycles. The van der Waals surface area contributed by atoms with Crippen molar-refractivity contribution in [2.45, 2.75) is 13.8 Å². The van der Waals surface area contributed by atoms with E-state index >= 15 is 0 Å². The molecule has 2 aromatic carbocycles. The van der Waals surface area contributed by atoms with E-state index in [2.05, 4.69) is 5.32 Å². The molecule has 2 aromatic rings. The van der Waals surface area contributed by atoms with E-state index in [1.807, 2.05) is 26.0 Å². The highest BCUT2D eigenvalue weighted by atomic mass is 16.5. The van der Waals surface area contributed by atoms with Gasteiger partial charge in [-0.1, -0.05) is 12.1 Å². The summed E-state index contributed by atoms with van der Waals surface area (Å²) in [4.78, 5) is 26.4. The van der Waals surface area contributed by atoms with Gasteiger partial charge in [0.1, 0.15) is 5.75 Å². The second kappa shape index (κ2) is 8.15. The van der Waals surface area contributed by atoms with E-state index < -0.39 is 0 Å². The van der Waals surface area contributed by atoms with E-state index in [0.717, 1.165) is 0 Å². The Morgan fingerprint density at radius 1 is 0.958 bits per heavy atom. The molecule has 2 amide bonds. The minimum Gasteiger partial charge on any atom is -0.495 e. The van der Waals surface area contributed by atoms with E-state index in [4.69, 9.17) is 4.74 Å². The Kier molecular flexibility index (Phi) is 5.95. The normalized spacial score (nSPS) is 10.1. The zero-order chi connectivity index (χ0) is 17.5. The van der Waals surface area contributed by atoms with Crippen LogP contribution in [0.4, 0.5) is 5.69 Å². The maximum atomic E-state index is 12.3. The van der Waals surface area contributed by atoms with Crippen molar-refractivity contribution < 1.29 is 14.3 Å². The summed E-state index contributed by atoms with van der Waals surface area (Å²) < 4.78 is 5.22. The molecule has 0 saturated heterocycles. The number of carbonyl (C=O) groups is 2. The Labute approximate surface area is 142 Å². The Balaban J connectivity index is 2.13. The maximum Gasteiger partial charge on any atom is 0.255 e. The third kappa shape index (κ3) is 3.93. The molecule has 0 radical (unpaired) electrons. The molecular weight excluding hydrogens is 304 g/mol. The summed E-state index contributed by atoms with van der Waals surface area (Å²) in [5.74, 6) is 0.317. The SMILES string of the molecule is CCN(CC)C(=O)c1ccc(C(=O)Nc2ccccc2OC)cc1. The van der Waals surface area contributed by atoms with Crippen molar-refractivity contribution in [3.05, 3.63) is 59.7 Å². The van der Waals surface area contributed by atoms with E-state index in [1.54, 1.807) is 48.4 Å². The van der Waals surface area contributed by atoms with Crippen LogP contribution in [0.5, 0.6) is 5.75 Å². The van der Waals surface area contributed by atoms with Crippen molar-refractivity contribution in [2.75, 3.05) is 25.5 Å². The molecule has 0 spiro atoms. The molecule has 0 fully saturated rings. The van der Waals surface area contributed by atoms with E-state index in [0.29, 0.717) is 35.7 Å². The second-order valence-corrected chi connectivity index (χ2v) is 5.21. The van der Waals surface area contributed by atoms with Gasteiger partial charge in [-0.2, -0.15) is 0 Å². The quantitative estimate of drug-likeness (QED) is 0.885. The van der Waals surface area contributed by atoms with Gasteiger partial charge in [-0.15, -0.1) is 0 Å². The monoisotopic (exact) mass is 326 g/mol. The molecule has 0 aliphatic rings. The topological polar surface area (TPSA) is 58.6 Å². The highest BCUT2D eigenvalue weighted by Crippen LogP contribution is 2.23. The molecule has 0 aliphatic carbocycles. The molecule has 5 nitrogen and oxygen atoms in total. The van der Waals surface area contributed by atoms with E-state index in [-0.39, 0.29) is 11.8 Å². The van der Waals surface area contributed by atoms with Crippen LogP contribution in [0.15, 0.2) is 48.5 Å². The van der Waals surface area contributed by atoms with Crippen LogP contribution < -0.4 is 10.1 Å². The number of benzene rings is 2. The average Bonchev–Trinajstić information content (AvgIpc) is 2.63. The van der Waals surface area contributed by atoms with Gasteiger partial charge in [-0.05, 0) is 50.2 Å². The standard InChI is InChI=1S/C19H22N2O3/c1-4-21(5-2)19(23)15-12-10-14(11-13-15)18(22)20-16-8-6-7-9-17(16)24-3/h6-13H,4-5H2,1-3H3,(H,20,22). The summed E-state index contributed by atoms with van der Waals surface area (Å²) in [5.41, 5.74) is 1.66. The van der Waals surface area contributed by atoms with Gasteiger partial charge in [0.15, 0.2) is 0 Å². The first-order valence-electron chi connectivity index (χ1n) is 7.94. The predicted octanol–water partition coefficient (Wildman–Crippen LogP) is 3.43. The number of para-hydroxylation sites is 2. The van der Waals surface area contributed by atoms with Crippen LogP contribution >= 0.6 is 0 Å². The lowest BCUT2D eigenvalue weighted by Gasteiger charge is -2.18. The van der Waals surface area contributed by atoms with Crippen molar-refractivity contribution in [3.63, 3.8) is 0 Å². The van der Waals surface area contributed by atoms with Crippen LogP contribution in [0.1, 0.15) is 34.6 Å². The summed E-state index contributed by atoms with van der Waals surface area (Å²) in [5, 5.41) is 2.81. The zero-order valence-corrected chi connectivity index (χ0v) is 14.2. The molecule has 1 N–H and O–H groups in total. The number of anilines is 1. The van der Waals surface area contributed by atoms with E-state index in [1.165, 1.54) is 0 Å². The number of nitrogens with one attached hydrogen (secondary N) is 1. The summed E-state index contributed by atoms with van der Waals surface area (Å²) in [6.07, 6.45) is 0. The van der Waals surface area contributed by atoms with Gasteiger partial charge >= 0.3 is 0 Å². The van der Waals surface area contributed by atoms with Crippen LogP contribution in [-0.2, 0) is 0 Å². The number of hydrogen-bond donors (Lipinski definition) is 1. The molecule has 5 heteroatoms. The number of hydrogen-bond acceptors (Lipinski definition) is 3. The summed E-state index contributed by atoms with van der Waals surface area (Å²) in [6.45, 7) is 5.20. The number of amides is 2. The van der Waals surface area contributed by atoms with Crippen molar-refractivity contribution in [1.29, 1.82) is 0 Å². The fourth-order valence-electron chi connectivity index (χ4n) is 2.40. The first-order chi connectivity index (χ1) is 11.6. The molecule has 2 rings (SSSR count). The molecule has 0 atom stereocenters. The van der Waals surface area contributed by atoms with Crippen molar-refractivity contribution in [1.82, 2.24) is 4.90 Å². The van der Waals surface area contributed by atoms with Gasteiger partial charge in [-0.25, -0.2) is 0 Å². The molecule has 0 bridgehead atoms. The largest absolute Gasteiger partial charge is 0.495 e. The smallest absolute Gasteiger partial charge is 0.255 e. The van der Waals surface area contributed by atoms with Gasteiger partial charge in [-0.3, -0.25) is 9.59 Å². The lowest BCUT2D eigenvalue weighted by Crippen LogP contribution is -2.30. The average molecular weight is 326 g/mol. The van der Waals surface area contributed by atoms with Gasteiger partial charge < -0.3 is 15.0 Å². The number of rotatable bonds is 6. The third-order valence-corrected chi connectivity index (χ3v) is 3.80. The minimum absolute atomic E-state index is 0.0308. The van der Waals surface area contributed by atoms with Crippen molar-refractivity contribution in [2.24, 2.45) is 0 Å². The van der Waals surface area contributed by atoms with E-state index in [9.17, 15) is 9.59 Å². The Morgan fingerprint density at radius 3 is 2.12 bits per heavy atom. The van der Waals surface area contributed by atoms with Crippen LogP contribution in [-0.4, -0.2) is 36.9 Å². The molecule has 0 saturated carbocycles. The zero-order valence-electron chi connectivity index (χ0n) is 14.2. The van der Waals surface area contributed by atoms with Gasteiger partial charge in [0.25, 0.3) is 11.8 Å². The second-order valence-electron chi connectivity index (χ2n) is 5.21. The molecule has 0 unspecified atom stereocenters. The fraction of sp³-hybridized carbons (Fsp3) is 0.263. The van der Waals surface area contributed by atoms with Gasteiger partial charge in [0, 0.05) is 24.2 Å². The lowest BCUT2D eigenvalue weighted by atomic mass is 10.1. The molecule has 126 valence electrons. The Morgan fingerprint density at radius 2 is 1.54 bits per heavy atom. The summed E-state index contributed by atoms with van der Waals surface area (Å²) in [7, 11) is 1.55. The highest BCUT2D eigenvalue weighted by molar-refractivity contribution is 6.05. The Bertz CT molecular complexity index is 707. The van der Waals surface area contributed by atoms with Gasteiger partial charge in [0.2, 0.25) is 0 Å². The number of carbonyl (C=O) groups excluding carboxylic acids is 2. The molecule has 24 heavy (non-hydrogen) atoms. The van der Waals surface area contributed by atoms with Crippen LogP contribution in [0.2, 0.25) is 0 Å². The lowest BCUT2D eigenvalue weighted by molar-refractivity contribution is 0.0772. The van der Waals surface area contributed by atoms with Crippen molar-refractivity contribution in [3.8, 4) is 5.75 Å². The highest BCUT2D eigenvalue weighted by Gasteiger charge is 2.14.